The molecule has 1 aromatic rings. The van der Waals surface area contributed by atoms with Crippen LogP contribution in [0.15, 0.2) is 24.3 Å². The van der Waals surface area contributed by atoms with E-state index in [0.717, 1.165) is 0 Å². The molecule has 128 valence electrons. The predicted molar refractivity (Wildman–Crippen MR) is 87.5 cm³/mol. The standard InChI is InChI=1S/C18H26O5/c1-6-13(17(20)23-18(3,4)5)12-22-15-10-8-14(9-11-15)16(19)21-7-2/h8-11,13H,6-7,12H2,1-5H3. The molecule has 0 N–H and O–H groups in total. The fourth-order valence-electron chi connectivity index (χ4n) is 1.84. The van der Waals surface area contributed by atoms with Crippen LogP contribution < -0.4 is 4.74 Å². The van der Waals surface area contributed by atoms with Gasteiger partial charge in [0.2, 0.25) is 0 Å². The highest BCUT2D eigenvalue weighted by Gasteiger charge is 2.24. The second-order valence-corrected chi connectivity index (χ2v) is 6.19. The normalized spacial score (nSPS) is 12.4. The summed E-state index contributed by atoms with van der Waals surface area (Å²) in [6.07, 6.45) is 0.635. The van der Waals surface area contributed by atoms with E-state index in [-0.39, 0.29) is 24.5 Å². The van der Waals surface area contributed by atoms with Crippen LogP contribution in [0.2, 0.25) is 0 Å². The second kappa shape index (κ2) is 8.56. The third-order valence-corrected chi connectivity index (χ3v) is 3.05. The lowest BCUT2D eigenvalue weighted by Gasteiger charge is -2.23. The van der Waals surface area contributed by atoms with Gasteiger partial charge in [0.25, 0.3) is 0 Å². The topological polar surface area (TPSA) is 61.8 Å². The molecule has 0 radical (unpaired) electrons. The molecule has 23 heavy (non-hydrogen) atoms. The largest absolute Gasteiger partial charge is 0.493 e. The predicted octanol–water partition coefficient (Wildman–Crippen LogP) is 3.61. The smallest absolute Gasteiger partial charge is 0.338 e. The molecular formula is C18H26O5. The Morgan fingerprint density at radius 3 is 2.17 bits per heavy atom. The molecule has 5 nitrogen and oxygen atoms in total. The first kappa shape index (κ1) is 19.0. The SMILES string of the molecule is CCOC(=O)c1ccc(OCC(CC)C(=O)OC(C)(C)C)cc1. The Bertz CT molecular complexity index is 513. The summed E-state index contributed by atoms with van der Waals surface area (Å²) in [6, 6.07) is 6.66. The average molecular weight is 322 g/mol. The first-order chi connectivity index (χ1) is 10.8. The Morgan fingerprint density at radius 1 is 1.09 bits per heavy atom. The lowest BCUT2D eigenvalue weighted by molar-refractivity contribution is -0.161. The van der Waals surface area contributed by atoms with Crippen molar-refractivity contribution in [1.82, 2.24) is 0 Å². The third-order valence-electron chi connectivity index (χ3n) is 3.05. The van der Waals surface area contributed by atoms with Gasteiger partial charge in [-0.25, -0.2) is 4.79 Å². The quantitative estimate of drug-likeness (QED) is 0.718. The van der Waals surface area contributed by atoms with E-state index in [9.17, 15) is 9.59 Å². The summed E-state index contributed by atoms with van der Waals surface area (Å²) in [5.74, 6) is -0.346. The molecule has 5 heteroatoms. The lowest BCUT2D eigenvalue weighted by Crippen LogP contribution is -2.31. The van der Waals surface area contributed by atoms with Gasteiger partial charge in [-0.05, 0) is 58.4 Å². The fourth-order valence-corrected chi connectivity index (χ4v) is 1.84. The minimum atomic E-state index is -0.508. The number of hydrogen-bond donors (Lipinski definition) is 0. The number of benzene rings is 1. The van der Waals surface area contributed by atoms with Gasteiger partial charge >= 0.3 is 11.9 Å². The van der Waals surface area contributed by atoms with Gasteiger partial charge in [0.05, 0.1) is 18.1 Å². The monoisotopic (exact) mass is 322 g/mol. The van der Waals surface area contributed by atoms with Crippen molar-refractivity contribution in [3.8, 4) is 5.75 Å². The molecule has 0 saturated heterocycles. The van der Waals surface area contributed by atoms with Crippen molar-refractivity contribution in [2.45, 2.75) is 46.6 Å². The number of rotatable bonds is 7. The summed E-state index contributed by atoms with van der Waals surface area (Å²) in [6.45, 7) is 9.78. The Morgan fingerprint density at radius 2 is 1.70 bits per heavy atom. The minimum Gasteiger partial charge on any atom is -0.493 e. The molecule has 0 aromatic heterocycles. The van der Waals surface area contributed by atoms with Crippen LogP contribution in [0.4, 0.5) is 0 Å². The fraction of sp³-hybridized carbons (Fsp3) is 0.556. The summed E-state index contributed by atoms with van der Waals surface area (Å²) in [7, 11) is 0. The minimum absolute atomic E-state index is 0.240. The molecule has 0 bridgehead atoms. The van der Waals surface area contributed by atoms with Crippen molar-refractivity contribution in [3.05, 3.63) is 29.8 Å². The number of ether oxygens (including phenoxy) is 3. The molecule has 0 aliphatic heterocycles. The van der Waals surface area contributed by atoms with Gasteiger partial charge in [0, 0.05) is 0 Å². The maximum absolute atomic E-state index is 12.1. The molecule has 1 unspecified atom stereocenters. The first-order valence-corrected chi connectivity index (χ1v) is 7.89. The zero-order valence-corrected chi connectivity index (χ0v) is 14.5. The van der Waals surface area contributed by atoms with Gasteiger partial charge < -0.3 is 14.2 Å². The zero-order valence-electron chi connectivity index (χ0n) is 14.5. The van der Waals surface area contributed by atoms with E-state index in [4.69, 9.17) is 14.2 Å². The lowest BCUT2D eigenvalue weighted by atomic mass is 10.1. The maximum atomic E-state index is 12.1. The van der Waals surface area contributed by atoms with Gasteiger partial charge in [-0.1, -0.05) is 6.92 Å². The molecule has 0 heterocycles. The number of hydrogen-bond acceptors (Lipinski definition) is 5. The molecule has 1 atom stereocenters. The van der Waals surface area contributed by atoms with E-state index >= 15 is 0 Å². The van der Waals surface area contributed by atoms with Crippen LogP contribution in [0.3, 0.4) is 0 Å². The summed E-state index contributed by atoms with van der Waals surface area (Å²) < 4.78 is 15.9. The number of carbonyl (C=O) groups is 2. The van der Waals surface area contributed by atoms with Gasteiger partial charge in [0.1, 0.15) is 18.0 Å². The summed E-state index contributed by atoms with van der Waals surface area (Å²) in [5.41, 5.74) is -0.0374. The Labute approximate surface area is 137 Å². The van der Waals surface area contributed by atoms with Crippen molar-refractivity contribution in [2.75, 3.05) is 13.2 Å². The van der Waals surface area contributed by atoms with Crippen molar-refractivity contribution >= 4 is 11.9 Å². The Kier molecular flexibility index (Phi) is 7.07. The van der Waals surface area contributed by atoms with Crippen molar-refractivity contribution in [1.29, 1.82) is 0 Å². The summed E-state index contributed by atoms with van der Waals surface area (Å²) in [4.78, 5) is 23.6. The number of carbonyl (C=O) groups excluding carboxylic acids is 2. The van der Waals surface area contributed by atoms with Crippen LogP contribution in [-0.4, -0.2) is 30.8 Å². The summed E-state index contributed by atoms with van der Waals surface area (Å²) in [5, 5.41) is 0. The summed E-state index contributed by atoms with van der Waals surface area (Å²) >= 11 is 0. The van der Waals surface area contributed by atoms with E-state index in [1.54, 1.807) is 31.2 Å². The van der Waals surface area contributed by atoms with Crippen molar-refractivity contribution in [3.63, 3.8) is 0 Å². The van der Waals surface area contributed by atoms with E-state index < -0.39 is 5.60 Å². The van der Waals surface area contributed by atoms with Gasteiger partial charge in [-0.3, -0.25) is 4.79 Å². The molecule has 0 amide bonds. The van der Waals surface area contributed by atoms with Crippen molar-refractivity contribution in [2.24, 2.45) is 5.92 Å². The van der Waals surface area contributed by atoms with Gasteiger partial charge in [-0.2, -0.15) is 0 Å². The van der Waals surface area contributed by atoms with Crippen LogP contribution in [0, 0.1) is 5.92 Å². The molecule has 0 spiro atoms. The van der Waals surface area contributed by atoms with Crippen LogP contribution in [0.25, 0.3) is 0 Å². The van der Waals surface area contributed by atoms with Crippen LogP contribution in [-0.2, 0) is 14.3 Å². The molecule has 1 aromatic carbocycles. The molecule has 0 aliphatic rings. The first-order valence-electron chi connectivity index (χ1n) is 7.89. The second-order valence-electron chi connectivity index (χ2n) is 6.19. The third kappa shape index (κ3) is 6.72. The Hall–Kier alpha value is -2.04. The van der Waals surface area contributed by atoms with Gasteiger partial charge in [-0.15, -0.1) is 0 Å². The highest BCUT2D eigenvalue weighted by atomic mass is 16.6. The van der Waals surface area contributed by atoms with Gasteiger partial charge in [0.15, 0.2) is 0 Å². The highest BCUT2D eigenvalue weighted by molar-refractivity contribution is 5.89. The van der Waals surface area contributed by atoms with E-state index in [1.165, 1.54) is 0 Å². The van der Waals surface area contributed by atoms with Crippen LogP contribution in [0.1, 0.15) is 51.4 Å². The molecule has 0 fully saturated rings. The maximum Gasteiger partial charge on any atom is 0.338 e. The highest BCUT2D eigenvalue weighted by Crippen LogP contribution is 2.17. The number of esters is 2. The van der Waals surface area contributed by atoms with E-state index in [1.807, 2.05) is 27.7 Å². The van der Waals surface area contributed by atoms with E-state index in [0.29, 0.717) is 24.3 Å². The zero-order chi connectivity index (χ0) is 17.5. The van der Waals surface area contributed by atoms with Crippen LogP contribution >= 0.6 is 0 Å². The van der Waals surface area contributed by atoms with Crippen LogP contribution in [0.5, 0.6) is 5.75 Å². The van der Waals surface area contributed by atoms with Crippen molar-refractivity contribution < 1.29 is 23.8 Å². The molecule has 0 saturated carbocycles. The molecule has 0 aliphatic carbocycles. The Balaban J connectivity index is 2.59. The molecule has 1 rings (SSSR count). The molecular weight excluding hydrogens is 296 g/mol. The van der Waals surface area contributed by atoms with E-state index in [2.05, 4.69) is 0 Å². The average Bonchev–Trinajstić information content (AvgIpc) is 2.47.